The first kappa shape index (κ1) is 8.37. The molecule has 13 heavy (non-hydrogen) atoms. The fourth-order valence-electron chi connectivity index (χ4n) is 1.44. The summed E-state index contributed by atoms with van der Waals surface area (Å²) in [7, 11) is 0. The molecule has 4 nitrogen and oxygen atoms in total. The molecule has 1 fully saturated rings. The quantitative estimate of drug-likeness (QED) is 0.662. The van der Waals surface area contributed by atoms with E-state index in [1.807, 2.05) is 4.90 Å². The molecule has 1 aliphatic heterocycles. The summed E-state index contributed by atoms with van der Waals surface area (Å²) in [5.41, 5.74) is 5.54. The van der Waals surface area contributed by atoms with Crippen molar-refractivity contribution in [2.24, 2.45) is 5.73 Å². The summed E-state index contributed by atoms with van der Waals surface area (Å²) in [6.45, 7) is 0.833. The standard InChI is InChI=1S/C8H11FN4/c9-6-4-13(5-7(6)10)8-2-1-3-11-12-8/h1-3,6-7H,4-5,10H2/t6-,7-/m0/s1. The molecule has 0 aromatic carbocycles. The van der Waals surface area contributed by atoms with Crippen molar-refractivity contribution in [1.82, 2.24) is 10.2 Å². The molecule has 1 aliphatic rings. The van der Waals surface area contributed by atoms with Gasteiger partial charge in [0, 0.05) is 12.7 Å². The number of aromatic nitrogens is 2. The minimum absolute atomic E-state index is 0.319. The highest BCUT2D eigenvalue weighted by atomic mass is 19.1. The minimum Gasteiger partial charge on any atom is -0.350 e. The number of alkyl halides is 1. The van der Waals surface area contributed by atoms with Crippen molar-refractivity contribution >= 4 is 5.82 Å². The molecule has 0 unspecified atom stereocenters. The Hall–Kier alpha value is -1.23. The molecule has 70 valence electrons. The third-order valence-corrected chi connectivity index (χ3v) is 2.17. The molecule has 5 heteroatoms. The Morgan fingerprint density at radius 1 is 1.54 bits per heavy atom. The van der Waals surface area contributed by atoms with E-state index < -0.39 is 12.2 Å². The predicted octanol–water partition coefficient (Wildman–Crippen LogP) is -0.0380. The maximum Gasteiger partial charge on any atom is 0.151 e. The average molecular weight is 182 g/mol. The third-order valence-electron chi connectivity index (χ3n) is 2.17. The minimum atomic E-state index is -0.956. The van der Waals surface area contributed by atoms with E-state index in [9.17, 15) is 4.39 Å². The Kier molecular flexibility index (Phi) is 2.10. The highest BCUT2D eigenvalue weighted by molar-refractivity contribution is 5.39. The molecular weight excluding hydrogens is 171 g/mol. The van der Waals surface area contributed by atoms with E-state index in [0.717, 1.165) is 0 Å². The van der Waals surface area contributed by atoms with Gasteiger partial charge in [0.15, 0.2) is 5.82 Å². The molecule has 0 saturated carbocycles. The molecule has 0 radical (unpaired) electrons. The van der Waals surface area contributed by atoms with Crippen molar-refractivity contribution in [2.45, 2.75) is 12.2 Å². The van der Waals surface area contributed by atoms with E-state index in [2.05, 4.69) is 10.2 Å². The Balaban J connectivity index is 2.12. The van der Waals surface area contributed by atoms with Crippen LogP contribution >= 0.6 is 0 Å². The van der Waals surface area contributed by atoms with Gasteiger partial charge in [0.1, 0.15) is 6.17 Å². The Morgan fingerprint density at radius 3 is 2.92 bits per heavy atom. The van der Waals surface area contributed by atoms with Gasteiger partial charge in [0.2, 0.25) is 0 Å². The first-order chi connectivity index (χ1) is 6.27. The van der Waals surface area contributed by atoms with Crippen molar-refractivity contribution in [1.29, 1.82) is 0 Å². The molecule has 2 N–H and O–H groups in total. The lowest BCUT2D eigenvalue weighted by Gasteiger charge is -2.14. The van der Waals surface area contributed by atoms with Crippen LogP contribution in [-0.4, -0.2) is 35.5 Å². The van der Waals surface area contributed by atoms with E-state index in [-0.39, 0.29) is 0 Å². The van der Waals surface area contributed by atoms with Crippen LogP contribution in [0.1, 0.15) is 0 Å². The van der Waals surface area contributed by atoms with Gasteiger partial charge in [0.05, 0.1) is 12.6 Å². The molecule has 1 saturated heterocycles. The summed E-state index contributed by atoms with van der Waals surface area (Å²) in [6.07, 6.45) is 0.633. The van der Waals surface area contributed by atoms with Crippen LogP contribution in [0.15, 0.2) is 18.3 Å². The van der Waals surface area contributed by atoms with Gasteiger partial charge in [-0.05, 0) is 12.1 Å². The van der Waals surface area contributed by atoms with E-state index in [4.69, 9.17) is 5.73 Å². The lowest BCUT2D eigenvalue weighted by molar-refractivity contribution is 0.333. The van der Waals surface area contributed by atoms with Gasteiger partial charge in [-0.15, -0.1) is 5.10 Å². The zero-order chi connectivity index (χ0) is 9.26. The maximum absolute atomic E-state index is 13.0. The molecular formula is C8H11FN4. The monoisotopic (exact) mass is 182 g/mol. The molecule has 0 spiro atoms. The highest BCUT2D eigenvalue weighted by Gasteiger charge is 2.30. The topological polar surface area (TPSA) is 55.0 Å². The van der Waals surface area contributed by atoms with Gasteiger partial charge < -0.3 is 10.6 Å². The van der Waals surface area contributed by atoms with E-state index in [0.29, 0.717) is 18.9 Å². The second kappa shape index (κ2) is 3.26. The van der Waals surface area contributed by atoms with Crippen LogP contribution in [0.2, 0.25) is 0 Å². The maximum atomic E-state index is 13.0. The lowest BCUT2D eigenvalue weighted by atomic mass is 10.3. The summed E-state index contributed by atoms with van der Waals surface area (Å²) in [5, 5.41) is 7.61. The van der Waals surface area contributed by atoms with Crippen LogP contribution in [0.4, 0.5) is 10.2 Å². The van der Waals surface area contributed by atoms with Crippen molar-refractivity contribution < 1.29 is 4.39 Å². The second-order valence-electron chi connectivity index (χ2n) is 3.17. The van der Waals surface area contributed by atoms with Crippen molar-refractivity contribution in [3.05, 3.63) is 18.3 Å². The first-order valence-electron chi connectivity index (χ1n) is 4.19. The number of anilines is 1. The molecule has 0 amide bonds. The Morgan fingerprint density at radius 2 is 2.38 bits per heavy atom. The van der Waals surface area contributed by atoms with Gasteiger partial charge in [-0.2, -0.15) is 5.10 Å². The molecule has 0 bridgehead atoms. The van der Waals surface area contributed by atoms with Crippen molar-refractivity contribution in [3.63, 3.8) is 0 Å². The summed E-state index contributed by atoms with van der Waals surface area (Å²) in [4.78, 5) is 1.81. The second-order valence-corrected chi connectivity index (χ2v) is 3.17. The SMILES string of the molecule is N[C@H]1CN(c2cccnn2)C[C@@H]1F. The molecule has 1 aromatic heterocycles. The van der Waals surface area contributed by atoms with E-state index in [1.54, 1.807) is 18.3 Å². The fourth-order valence-corrected chi connectivity index (χ4v) is 1.44. The summed E-state index contributed by atoms with van der Waals surface area (Å²) < 4.78 is 13.0. The third kappa shape index (κ3) is 1.60. The molecule has 2 heterocycles. The Bertz CT molecular complexity index is 269. The number of hydrogen-bond acceptors (Lipinski definition) is 4. The highest BCUT2D eigenvalue weighted by Crippen LogP contribution is 2.17. The number of nitrogens with zero attached hydrogens (tertiary/aromatic N) is 3. The van der Waals surface area contributed by atoms with Gasteiger partial charge in [-0.25, -0.2) is 4.39 Å². The van der Waals surface area contributed by atoms with Crippen molar-refractivity contribution in [3.8, 4) is 0 Å². The first-order valence-corrected chi connectivity index (χ1v) is 4.19. The van der Waals surface area contributed by atoms with Crippen LogP contribution in [0.3, 0.4) is 0 Å². The number of hydrogen-bond donors (Lipinski definition) is 1. The Labute approximate surface area is 75.6 Å². The van der Waals surface area contributed by atoms with Crippen LogP contribution in [0.25, 0.3) is 0 Å². The number of halogens is 1. The fraction of sp³-hybridized carbons (Fsp3) is 0.500. The van der Waals surface area contributed by atoms with Crippen LogP contribution in [0.5, 0.6) is 0 Å². The van der Waals surface area contributed by atoms with E-state index in [1.165, 1.54) is 0 Å². The summed E-state index contributed by atoms with van der Waals surface area (Å²) in [5.74, 6) is 0.693. The van der Waals surface area contributed by atoms with Crippen LogP contribution in [-0.2, 0) is 0 Å². The molecule has 2 rings (SSSR count). The average Bonchev–Trinajstić information content (AvgIpc) is 2.49. The van der Waals surface area contributed by atoms with Gasteiger partial charge in [-0.3, -0.25) is 0 Å². The molecule has 1 aromatic rings. The van der Waals surface area contributed by atoms with Crippen molar-refractivity contribution in [2.75, 3.05) is 18.0 Å². The summed E-state index contributed by atoms with van der Waals surface area (Å²) in [6, 6.07) is 3.18. The molecule has 2 atom stereocenters. The van der Waals surface area contributed by atoms with Gasteiger partial charge in [-0.1, -0.05) is 0 Å². The molecule has 0 aliphatic carbocycles. The van der Waals surface area contributed by atoms with Crippen LogP contribution in [0, 0.1) is 0 Å². The smallest absolute Gasteiger partial charge is 0.151 e. The van der Waals surface area contributed by atoms with E-state index >= 15 is 0 Å². The van der Waals surface area contributed by atoms with Gasteiger partial charge in [0.25, 0.3) is 0 Å². The lowest BCUT2D eigenvalue weighted by Crippen LogP contribution is -2.30. The summed E-state index contributed by atoms with van der Waals surface area (Å²) >= 11 is 0. The predicted molar refractivity (Wildman–Crippen MR) is 47.1 cm³/mol. The zero-order valence-electron chi connectivity index (χ0n) is 7.10. The number of rotatable bonds is 1. The van der Waals surface area contributed by atoms with Crippen LogP contribution < -0.4 is 10.6 Å². The van der Waals surface area contributed by atoms with Gasteiger partial charge >= 0.3 is 0 Å². The zero-order valence-corrected chi connectivity index (χ0v) is 7.10. The normalized spacial score (nSPS) is 28.0. The number of nitrogens with two attached hydrogens (primary N) is 1. The largest absolute Gasteiger partial charge is 0.350 e.